The highest BCUT2D eigenvalue weighted by molar-refractivity contribution is 7.99. The van der Waals surface area contributed by atoms with Crippen molar-refractivity contribution in [2.75, 3.05) is 0 Å². The summed E-state index contributed by atoms with van der Waals surface area (Å²) in [5.41, 5.74) is 5.28. The van der Waals surface area contributed by atoms with Crippen LogP contribution in [0.15, 0.2) is 23.6 Å². The summed E-state index contributed by atoms with van der Waals surface area (Å²) in [5, 5.41) is 8.26. The van der Waals surface area contributed by atoms with Crippen LogP contribution in [0.1, 0.15) is 13.3 Å². The van der Waals surface area contributed by atoms with E-state index in [9.17, 15) is 0 Å². The summed E-state index contributed by atoms with van der Waals surface area (Å²) in [6, 6.07) is 0. The molecule has 1 heterocycles. The number of nitrogens with one attached hydrogen (secondary N) is 1. The van der Waals surface area contributed by atoms with Crippen molar-refractivity contribution in [1.82, 2.24) is 9.97 Å². The number of aromatic nitrogens is 2. The lowest BCUT2D eigenvalue weighted by Gasteiger charge is -2.07. The molecule has 0 spiro atoms. The highest BCUT2D eigenvalue weighted by atomic mass is 32.2. The third-order valence-corrected chi connectivity index (χ3v) is 2.39. The van der Waals surface area contributed by atoms with Gasteiger partial charge in [-0.25, -0.2) is 4.98 Å². The predicted molar refractivity (Wildman–Crippen MR) is 53.9 cm³/mol. The Morgan fingerprint density at radius 3 is 3.00 bits per heavy atom. The summed E-state index contributed by atoms with van der Waals surface area (Å²) in [6.45, 7) is 2.01. The van der Waals surface area contributed by atoms with E-state index in [1.54, 1.807) is 30.4 Å². The van der Waals surface area contributed by atoms with Gasteiger partial charge in [0, 0.05) is 24.1 Å². The van der Waals surface area contributed by atoms with Gasteiger partial charge in [-0.05, 0) is 0 Å². The fourth-order valence-electron chi connectivity index (χ4n) is 0.904. The predicted octanol–water partition coefficient (Wildman–Crippen LogP) is 1.28. The van der Waals surface area contributed by atoms with E-state index in [1.165, 1.54) is 0 Å². The van der Waals surface area contributed by atoms with Crippen LogP contribution in [0.25, 0.3) is 0 Å². The molecule has 1 aromatic heterocycles. The molecule has 13 heavy (non-hydrogen) atoms. The molecule has 0 saturated heterocycles. The maximum atomic E-state index is 7.12. The van der Waals surface area contributed by atoms with Crippen LogP contribution >= 0.6 is 11.8 Å². The van der Waals surface area contributed by atoms with E-state index < -0.39 is 0 Å². The zero-order chi connectivity index (χ0) is 9.68. The van der Waals surface area contributed by atoms with Crippen molar-refractivity contribution in [1.29, 1.82) is 5.41 Å². The second-order valence-corrected chi connectivity index (χ2v) is 4.16. The van der Waals surface area contributed by atoms with Crippen molar-refractivity contribution in [2.45, 2.75) is 23.6 Å². The Kier molecular flexibility index (Phi) is 3.70. The van der Waals surface area contributed by atoms with Crippen LogP contribution < -0.4 is 5.73 Å². The van der Waals surface area contributed by atoms with Gasteiger partial charge >= 0.3 is 0 Å². The van der Waals surface area contributed by atoms with Crippen LogP contribution in [0, 0.1) is 5.41 Å². The molecule has 0 saturated carbocycles. The molecule has 4 nitrogen and oxygen atoms in total. The summed E-state index contributed by atoms with van der Waals surface area (Å²) in [5.74, 6) is 0.212. The number of nitrogens with zero attached hydrogens (tertiary/aromatic N) is 2. The Morgan fingerprint density at radius 1 is 1.69 bits per heavy atom. The normalized spacial score (nSPS) is 12.4. The molecule has 0 fully saturated rings. The maximum absolute atomic E-state index is 7.12. The molecule has 1 rings (SSSR count). The standard InChI is InChI=1S/C8H12N4S/c1-6(4-7(9)10)13-8-5-11-2-3-12-8/h2-3,5-6H,4H2,1H3,(H3,9,10). The number of hydrogen-bond donors (Lipinski definition) is 2. The Labute approximate surface area is 81.5 Å². The Balaban J connectivity index is 2.45. The maximum Gasteiger partial charge on any atom is 0.115 e. The fourth-order valence-corrected chi connectivity index (χ4v) is 1.82. The third kappa shape index (κ3) is 3.89. The van der Waals surface area contributed by atoms with Crippen molar-refractivity contribution in [3.63, 3.8) is 0 Å². The van der Waals surface area contributed by atoms with E-state index in [4.69, 9.17) is 11.1 Å². The van der Waals surface area contributed by atoms with Gasteiger partial charge in [0.1, 0.15) is 5.03 Å². The van der Waals surface area contributed by atoms with Gasteiger partial charge in [0.05, 0.1) is 12.0 Å². The van der Waals surface area contributed by atoms with E-state index in [1.807, 2.05) is 6.92 Å². The zero-order valence-corrected chi connectivity index (χ0v) is 8.21. The molecule has 1 aromatic rings. The molecular formula is C8H12N4S. The van der Waals surface area contributed by atoms with E-state index in [-0.39, 0.29) is 11.1 Å². The number of amidine groups is 1. The zero-order valence-electron chi connectivity index (χ0n) is 7.40. The minimum Gasteiger partial charge on any atom is -0.388 e. The molecular weight excluding hydrogens is 184 g/mol. The molecule has 0 radical (unpaired) electrons. The van der Waals surface area contributed by atoms with E-state index in [0.717, 1.165) is 5.03 Å². The van der Waals surface area contributed by atoms with E-state index in [0.29, 0.717) is 6.42 Å². The van der Waals surface area contributed by atoms with E-state index >= 15 is 0 Å². The van der Waals surface area contributed by atoms with Gasteiger partial charge in [-0.2, -0.15) is 0 Å². The molecule has 3 N–H and O–H groups in total. The van der Waals surface area contributed by atoms with Crippen molar-refractivity contribution in [3.05, 3.63) is 18.6 Å². The topological polar surface area (TPSA) is 75.7 Å². The Bertz CT molecular complexity index is 275. The van der Waals surface area contributed by atoms with Crippen molar-refractivity contribution in [2.24, 2.45) is 5.73 Å². The van der Waals surface area contributed by atoms with Gasteiger partial charge in [0.15, 0.2) is 0 Å². The summed E-state index contributed by atoms with van der Waals surface area (Å²) in [4.78, 5) is 8.06. The van der Waals surface area contributed by atoms with Gasteiger partial charge < -0.3 is 5.73 Å². The lowest BCUT2D eigenvalue weighted by atomic mass is 10.3. The Hall–Kier alpha value is -1.10. The second kappa shape index (κ2) is 4.81. The molecule has 0 aliphatic carbocycles. The highest BCUT2D eigenvalue weighted by Crippen LogP contribution is 2.21. The molecule has 0 aliphatic heterocycles. The van der Waals surface area contributed by atoms with Crippen LogP contribution in [0.3, 0.4) is 0 Å². The minimum atomic E-state index is 0.212. The SMILES string of the molecule is CC(CC(=N)N)Sc1cnccn1. The number of hydrogen-bond acceptors (Lipinski definition) is 4. The lowest BCUT2D eigenvalue weighted by molar-refractivity contribution is 0.976. The van der Waals surface area contributed by atoms with Gasteiger partial charge in [-0.15, -0.1) is 11.8 Å². The summed E-state index contributed by atoms with van der Waals surface area (Å²) in [7, 11) is 0. The molecule has 0 bridgehead atoms. The average Bonchev–Trinajstić information content (AvgIpc) is 2.04. The van der Waals surface area contributed by atoms with Gasteiger partial charge in [0.2, 0.25) is 0 Å². The molecule has 0 aliphatic rings. The number of rotatable bonds is 4. The smallest absolute Gasteiger partial charge is 0.115 e. The molecule has 5 heteroatoms. The van der Waals surface area contributed by atoms with Crippen molar-refractivity contribution in [3.8, 4) is 0 Å². The highest BCUT2D eigenvalue weighted by Gasteiger charge is 2.06. The van der Waals surface area contributed by atoms with Crippen LogP contribution in [-0.4, -0.2) is 21.1 Å². The largest absolute Gasteiger partial charge is 0.388 e. The summed E-state index contributed by atoms with van der Waals surface area (Å²) < 4.78 is 0. The van der Waals surface area contributed by atoms with Gasteiger partial charge in [0.25, 0.3) is 0 Å². The van der Waals surface area contributed by atoms with Crippen molar-refractivity contribution >= 4 is 17.6 Å². The second-order valence-electron chi connectivity index (χ2n) is 2.70. The molecule has 0 aromatic carbocycles. The van der Waals surface area contributed by atoms with E-state index in [2.05, 4.69) is 9.97 Å². The first kappa shape index (κ1) is 9.98. The quantitative estimate of drug-likeness (QED) is 0.432. The van der Waals surface area contributed by atoms with Crippen LogP contribution in [0.2, 0.25) is 0 Å². The first-order chi connectivity index (χ1) is 6.18. The molecule has 1 unspecified atom stereocenters. The number of thioether (sulfide) groups is 1. The first-order valence-corrected chi connectivity index (χ1v) is 4.82. The fraction of sp³-hybridized carbons (Fsp3) is 0.375. The monoisotopic (exact) mass is 196 g/mol. The summed E-state index contributed by atoms with van der Waals surface area (Å²) >= 11 is 1.58. The lowest BCUT2D eigenvalue weighted by Crippen LogP contribution is -2.14. The van der Waals surface area contributed by atoms with Crippen LogP contribution in [0.4, 0.5) is 0 Å². The van der Waals surface area contributed by atoms with Gasteiger partial charge in [-0.1, -0.05) is 6.92 Å². The van der Waals surface area contributed by atoms with Crippen LogP contribution in [0.5, 0.6) is 0 Å². The third-order valence-electron chi connectivity index (χ3n) is 1.37. The molecule has 0 amide bonds. The van der Waals surface area contributed by atoms with Crippen molar-refractivity contribution < 1.29 is 0 Å². The minimum absolute atomic E-state index is 0.212. The molecule has 1 atom stereocenters. The van der Waals surface area contributed by atoms with Crippen LogP contribution in [-0.2, 0) is 0 Å². The Morgan fingerprint density at radius 2 is 2.46 bits per heavy atom. The average molecular weight is 196 g/mol. The first-order valence-electron chi connectivity index (χ1n) is 3.94. The van der Waals surface area contributed by atoms with Gasteiger partial charge in [-0.3, -0.25) is 10.4 Å². The summed E-state index contributed by atoms with van der Waals surface area (Å²) in [6.07, 6.45) is 5.59. The molecule has 70 valence electrons. The number of nitrogens with two attached hydrogens (primary N) is 1.